The molecule has 0 radical (unpaired) electrons. The zero-order valence-corrected chi connectivity index (χ0v) is 20.1. The molecule has 1 aromatic heterocycles. The van der Waals surface area contributed by atoms with E-state index in [2.05, 4.69) is 16.7 Å². The van der Waals surface area contributed by atoms with Gasteiger partial charge in [0.25, 0.3) is 5.91 Å². The first-order valence-corrected chi connectivity index (χ1v) is 11.5. The van der Waals surface area contributed by atoms with Crippen molar-refractivity contribution in [1.29, 1.82) is 0 Å². The van der Waals surface area contributed by atoms with Crippen LogP contribution in [0.4, 0.5) is 4.79 Å². The van der Waals surface area contributed by atoms with Crippen molar-refractivity contribution < 1.29 is 28.6 Å². The number of fused-ring (bicyclic) bond motifs is 2. The maximum absolute atomic E-state index is 13.2. The van der Waals surface area contributed by atoms with Crippen molar-refractivity contribution in [2.45, 2.75) is 12.8 Å². The number of para-hydroxylation sites is 1. The summed E-state index contributed by atoms with van der Waals surface area (Å²) in [5.41, 5.74) is 4.60. The average molecular weight is 490 g/mol. The quantitative estimate of drug-likeness (QED) is 0.368. The summed E-state index contributed by atoms with van der Waals surface area (Å²) in [7, 11) is 3.12. The lowest BCUT2D eigenvalue weighted by Gasteiger charge is -2.12. The summed E-state index contributed by atoms with van der Waals surface area (Å²) in [6.45, 7) is -0.0286. The number of methoxy groups -OCH3 is 2. The predicted molar refractivity (Wildman–Crippen MR) is 135 cm³/mol. The minimum absolute atomic E-state index is 0.247. The molecule has 186 valence electrons. The predicted octanol–water partition coefficient (Wildman–Crippen LogP) is 3.36. The molecule has 0 fully saturated rings. The number of pyridine rings is 1. The molecule has 3 amide bonds. The van der Waals surface area contributed by atoms with Gasteiger partial charge in [-0.15, -0.1) is 0 Å². The maximum atomic E-state index is 13.2. The van der Waals surface area contributed by atoms with Gasteiger partial charge in [0.1, 0.15) is 5.75 Å². The second kappa shape index (κ2) is 11.5. The van der Waals surface area contributed by atoms with Gasteiger partial charge >= 0.3 is 12.0 Å². The van der Waals surface area contributed by atoms with Crippen molar-refractivity contribution in [1.82, 2.24) is 15.6 Å². The number of rotatable bonds is 8. The van der Waals surface area contributed by atoms with Gasteiger partial charge in [-0.2, -0.15) is 0 Å². The van der Waals surface area contributed by atoms with Crippen LogP contribution in [0.25, 0.3) is 22.6 Å². The molecule has 1 aliphatic rings. The minimum Gasteiger partial charge on any atom is -0.497 e. The van der Waals surface area contributed by atoms with Crippen molar-refractivity contribution in [2.75, 3.05) is 34.0 Å². The van der Waals surface area contributed by atoms with E-state index < -0.39 is 24.5 Å². The third-order valence-corrected chi connectivity index (χ3v) is 5.78. The standard InChI is InChI=1S/C27H27N3O6/c1-34-14-13-28-27(33)30-23(31)16-36-26(32)24-20-5-3-4-6-22(20)29-25-18(9-12-21(24)25)15-17-7-10-19(35-2)11-8-17/h3-8,10-11,15H,9,12-14,16H2,1-2H3,(H2,28,30,31,33)/b18-15+. The summed E-state index contributed by atoms with van der Waals surface area (Å²) in [4.78, 5) is 41.9. The van der Waals surface area contributed by atoms with E-state index >= 15 is 0 Å². The summed E-state index contributed by atoms with van der Waals surface area (Å²) in [5.74, 6) is -0.589. The van der Waals surface area contributed by atoms with Crippen molar-refractivity contribution >= 4 is 40.5 Å². The molecule has 0 saturated carbocycles. The number of hydrogen-bond donors (Lipinski definition) is 2. The van der Waals surface area contributed by atoms with E-state index in [1.165, 1.54) is 7.11 Å². The van der Waals surface area contributed by atoms with Gasteiger partial charge in [-0.3, -0.25) is 10.1 Å². The number of carbonyl (C=O) groups is 3. The monoisotopic (exact) mass is 489 g/mol. The van der Waals surface area contributed by atoms with Crippen molar-refractivity contribution in [2.24, 2.45) is 0 Å². The topological polar surface area (TPSA) is 116 Å². The highest BCUT2D eigenvalue weighted by Gasteiger charge is 2.28. The first-order chi connectivity index (χ1) is 17.5. The van der Waals surface area contributed by atoms with E-state index in [-0.39, 0.29) is 6.54 Å². The molecule has 2 N–H and O–H groups in total. The molecule has 9 nitrogen and oxygen atoms in total. The van der Waals surface area contributed by atoms with E-state index in [0.717, 1.165) is 28.1 Å². The molecule has 1 aliphatic carbocycles. The van der Waals surface area contributed by atoms with Crippen molar-refractivity contribution in [3.63, 3.8) is 0 Å². The smallest absolute Gasteiger partial charge is 0.339 e. The number of ether oxygens (including phenoxy) is 3. The van der Waals surface area contributed by atoms with Gasteiger partial charge in [0, 0.05) is 19.0 Å². The Kier molecular flexibility index (Phi) is 7.92. The fraction of sp³-hybridized carbons (Fsp3) is 0.259. The number of hydrogen-bond acceptors (Lipinski definition) is 7. The second-order valence-corrected chi connectivity index (χ2v) is 8.15. The van der Waals surface area contributed by atoms with Crippen LogP contribution in [0.3, 0.4) is 0 Å². The summed E-state index contributed by atoms with van der Waals surface area (Å²) >= 11 is 0. The van der Waals surface area contributed by atoms with Crippen LogP contribution < -0.4 is 15.4 Å². The number of carbonyl (C=O) groups excluding carboxylic acids is 3. The fourth-order valence-electron chi connectivity index (χ4n) is 4.09. The molecule has 1 heterocycles. The van der Waals surface area contributed by atoms with Crippen LogP contribution >= 0.6 is 0 Å². The van der Waals surface area contributed by atoms with Crippen LogP contribution in [0.5, 0.6) is 5.75 Å². The van der Waals surface area contributed by atoms with Gasteiger partial charge in [0.15, 0.2) is 6.61 Å². The maximum Gasteiger partial charge on any atom is 0.339 e. The van der Waals surface area contributed by atoms with Crippen LogP contribution in [0.15, 0.2) is 48.5 Å². The Bertz CT molecular complexity index is 1320. The SMILES string of the molecule is COCCNC(=O)NC(=O)COC(=O)c1c2c(nc3ccccc13)/C(=C/c1ccc(OC)cc1)CC2. The van der Waals surface area contributed by atoms with Gasteiger partial charge in [-0.25, -0.2) is 14.6 Å². The van der Waals surface area contributed by atoms with Crippen LogP contribution in [-0.2, 0) is 20.7 Å². The third kappa shape index (κ3) is 5.69. The Morgan fingerprint density at radius 2 is 1.81 bits per heavy atom. The molecular formula is C27H27N3O6. The largest absolute Gasteiger partial charge is 0.497 e. The normalized spacial score (nSPS) is 13.3. The van der Waals surface area contributed by atoms with Gasteiger partial charge in [-0.1, -0.05) is 30.3 Å². The molecule has 3 aromatic rings. The summed E-state index contributed by atoms with van der Waals surface area (Å²) in [6, 6.07) is 14.4. The number of aromatic nitrogens is 1. The van der Waals surface area contributed by atoms with E-state index in [9.17, 15) is 14.4 Å². The number of amides is 3. The van der Waals surface area contributed by atoms with E-state index in [4.69, 9.17) is 19.2 Å². The van der Waals surface area contributed by atoms with Gasteiger partial charge in [0.05, 0.1) is 30.5 Å². The van der Waals surface area contributed by atoms with Crippen LogP contribution in [0.2, 0.25) is 0 Å². The number of allylic oxidation sites excluding steroid dienone is 1. The van der Waals surface area contributed by atoms with Crippen LogP contribution in [0, 0.1) is 0 Å². The summed E-state index contributed by atoms with van der Waals surface area (Å²) < 4.78 is 15.4. The molecule has 36 heavy (non-hydrogen) atoms. The lowest BCUT2D eigenvalue weighted by molar-refractivity contribution is -0.123. The van der Waals surface area contributed by atoms with Crippen molar-refractivity contribution in [3.05, 3.63) is 70.9 Å². The minimum atomic E-state index is -0.728. The number of imide groups is 1. The Morgan fingerprint density at radius 3 is 2.56 bits per heavy atom. The van der Waals surface area contributed by atoms with E-state index in [0.29, 0.717) is 35.9 Å². The molecule has 0 saturated heterocycles. The number of nitrogens with one attached hydrogen (secondary N) is 2. The Hall–Kier alpha value is -4.24. The molecule has 0 spiro atoms. The molecule has 0 aliphatic heterocycles. The third-order valence-electron chi connectivity index (χ3n) is 5.78. The van der Waals surface area contributed by atoms with Crippen LogP contribution in [-0.4, -0.2) is 56.9 Å². The molecule has 0 unspecified atom stereocenters. The van der Waals surface area contributed by atoms with E-state index in [1.807, 2.05) is 48.5 Å². The number of nitrogens with zero attached hydrogens (tertiary/aromatic N) is 1. The zero-order valence-electron chi connectivity index (χ0n) is 20.1. The van der Waals surface area contributed by atoms with Gasteiger partial charge in [0.2, 0.25) is 0 Å². The zero-order chi connectivity index (χ0) is 25.5. The second-order valence-electron chi connectivity index (χ2n) is 8.15. The highest BCUT2D eigenvalue weighted by Crippen LogP contribution is 2.37. The summed E-state index contributed by atoms with van der Waals surface area (Å²) in [5, 5.41) is 5.25. The Labute approximate surface area is 208 Å². The lowest BCUT2D eigenvalue weighted by Crippen LogP contribution is -2.42. The first kappa shape index (κ1) is 24.9. The van der Waals surface area contributed by atoms with Crippen molar-refractivity contribution in [3.8, 4) is 5.75 Å². The molecule has 9 heteroatoms. The highest BCUT2D eigenvalue weighted by atomic mass is 16.5. The molecule has 0 atom stereocenters. The molecule has 2 aromatic carbocycles. The molecule has 0 bridgehead atoms. The first-order valence-electron chi connectivity index (χ1n) is 11.5. The fourth-order valence-corrected chi connectivity index (χ4v) is 4.09. The summed E-state index contributed by atoms with van der Waals surface area (Å²) in [6.07, 6.45) is 3.39. The van der Waals surface area contributed by atoms with Gasteiger partial charge in [-0.05, 0) is 53.8 Å². The Morgan fingerprint density at radius 1 is 1.03 bits per heavy atom. The number of benzene rings is 2. The highest BCUT2D eigenvalue weighted by molar-refractivity contribution is 6.08. The van der Waals surface area contributed by atoms with E-state index in [1.54, 1.807) is 7.11 Å². The number of urea groups is 1. The molecule has 4 rings (SSSR count). The van der Waals surface area contributed by atoms with Crippen LogP contribution in [0.1, 0.15) is 33.6 Å². The molecular weight excluding hydrogens is 462 g/mol. The Balaban J connectivity index is 1.56. The lowest BCUT2D eigenvalue weighted by atomic mass is 10.0. The average Bonchev–Trinajstić information content (AvgIpc) is 3.28. The van der Waals surface area contributed by atoms with Gasteiger partial charge < -0.3 is 19.5 Å². The number of esters is 1.